The van der Waals surface area contributed by atoms with Crippen LogP contribution in [0.25, 0.3) is 0 Å². The monoisotopic (exact) mass is 339 g/mol. The van der Waals surface area contributed by atoms with Gasteiger partial charge in [-0.2, -0.15) is 0 Å². The number of carbonyl (C=O) groups excluding carboxylic acids is 1. The van der Waals surface area contributed by atoms with E-state index in [2.05, 4.69) is 12.1 Å². The first-order valence-corrected chi connectivity index (χ1v) is 8.53. The standard InChI is InChI=1S/C21H25NO3/c1-16(21(24)25)15-22(2)20(23)14-19(18-11-7-4-8-12-18)13-17-9-5-3-6-10-17/h3-12,16,19H,13-15H2,1-2H3,(H,24,25). The molecule has 0 saturated heterocycles. The summed E-state index contributed by atoms with van der Waals surface area (Å²) in [5.74, 6) is -1.42. The minimum Gasteiger partial charge on any atom is -0.481 e. The number of carbonyl (C=O) groups is 2. The van der Waals surface area contributed by atoms with Crippen molar-refractivity contribution in [2.75, 3.05) is 13.6 Å². The van der Waals surface area contributed by atoms with Gasteiger partial charge in [0.1, 0.15) is 0 Å². The molecule has 0 fully saturated rings. The number of amides is 1. The Morgan fingerprint density at radius 1 is 1.00 bits per heavy atom. The number of aliphatic carboxylic acids is 1. The molecule has 2 aromatic rings. The number of carboxylic acid groups (broad SMARTS) is 1. The van der Waals surface area contributed by atoms with Crippen LogP contribution in [0.15, 0.2) is 60.7 Å². The largest absolute Gasteiger partial charge is 0.481 e. The van der Waals surface area contributed by atoms with E-state index in [0.29, 0.717) is 6.42 Å². The van der Waals surface area contributed by atoms with E-state index in [1.807, 2.05) is 48.5 Å². The van der Waals surface area contributed by atoms with Crippen LogP contribution in [-0.4, -0.2) is 35.5 Å². The molecule has 0 spiro atoms. The zero-order valence-corrected chi connectivity index (χ0v) is 14.8. The van der Waals surface area contributed by atoms with E-state index in [9.17, 15) is 9.59 Å². The van der Waals surface area contributed by atoms with Crippen molar-refractivity contribution in [3.8, 4) is 0 Å². The Balaban J connectivity index is 2.10. The molecule has 4 nitrogen and oxygen atoms in total. The molecule has 0 bridgehead atoms. The Labute approximate surface area is 149 Å². The summed E-state index contributed by atoms with van der Waals surface area (Å²) in [5.41, 5.74) is 2.31. The van der Waals surface area contributed by atoms with Gasteiger partial charge >= 0.3 is 5.97 Å². The molecule has 2 atom stereocenters. The fraction of sp³-hybridized carbons (Fsp3) is 0.333. The second-order valence-corrected chi connectivity index (χ2v) is 6.52. The van der Waals surface area contributed by atoms with Crippen molar-refractivity contribution in [3.63, 3.8) is 0 Å². The lowest BCUT2D eigenvalue weighted by Gasteiger charge is -2.23. The number of hydrogen-bond acceptors (Lipinski definition) is 2. The molecule has 132 valence electrons. The van der Waals surface area contributed by atoms with Gasteiger partial charge in [0.25, 0.3) is 0 Å². The van der Waals surface area contributed by atoms with Crippen molar-refractivity contribution in [3.05, 3.63) is 71.8 Å². The number of hydrogen-bond donors (Lipinski definition) is 1. The highest BCUT2D eigenvalue weighted by Gasteiger charge is 2.22. The lowest BCUT2D eigenvalue weighted by molar-refractivity contribution is -0.142. The quantitative estimate of drug-likeness (QED) is 0.800. The molecule has 0 saturated carbocycles. The minimum atomic E-state index is -0.886. The maximum absolute atomic E-state index is 12.6. The maximum atomic E-state index is 12.6. The van der Waals surface area contributed by atoms with Gasteiger partial charge in [-0.1, -0.05) is 67.6 Å². The Hall–Kier alpha value is -2.62. The Kier molecular flexibility index (Phi) is 6.75. The highest BCUT2D eigenvalue weighted by atomic mass is 16.4. The Morgan fingerprint density at radius 3 is 2.12 bits per heavy atom. The molecule has 0 aliphatic heterocycles. The summed E-state index contributed by atoms with van der Waals surface area (Å²) in [6, 6.07) is 20.1. The van der Waals surface area contributed by atoms with Gasteiger partial charge in [-0.3, -0.25) is 9.59 Å². The molecule has 1 N–H and O–H groups in total. The van der Waals surface area contributed by atoms with Crippen molar-refractivity contribution in [2.24, 2.45) is 5.92 Å². The van der Waals surface area contributed by atoms with Gasteiger partial charge in [-0.05, 0) is 23.5 Å². The van der Waals surface area contributed by atoms with Crippen molar-refractivity contribution >= 4 is 11.9 Å². The van der Waals surface area contributed by atoms with Gasteiger partial charge in [0, 0.05) is 20.0 Å². The first kappa shape index (κ1) is 18.7. The van der Waals surface area contributed by atoms with Crippen molar-refractivity contribution < 1.29 is 14.7 Å². The molecule has 0 aromatic heterocycles. The van der Waals surface area contributed by atoms with Crippen LogP contribution in [0.5, 0.6) is 0 Å². The summed E-state index contributed by atoms with van der Waals surface area (Å²) in [6.45, 7) is 1.84. The van der Waals surface area contributed by atoms with E-state index >= 15 is 0 Å². The lowest BCUT2D eigenvalue weighted by Crippen LogP contribution is -2.34. The van der Waals surface area contributed by atoms with Gasteiger partial charge in [0.15, 0.2) is 0 Å². The summed E-state index contributed by atoms with van der Waals surface area (Å²) in [7, 11) is 1.67. The smallest absolute Gasteiger partial charge is 0.308 e. The van der Waals surface area contributed by atoms with E-state index < -0.39 is 11.9 Å². The molecule has 0 aliphatic rings. The summed E-state index contributed by atoms with van der Waals surface area (Å²) in [6.07, 6.45) is 1.14. The average Bonchev–Trinajstić information content (AvgIpc) is 2.62. The van der Waals surface area contributed by atoms with E-state index in [1.54, 1.807) is 14.0 Å². The fourth-order valence-electron chi connectivity index (χ4n) is 2.89. The SMILES string of the molecule is CC(CN(C)C(=O)CC(Cc1ccccc1)c1ccccc1)C(=O)O. The first-order chi connectivity index (χ1) is 12.0. The fourth-order valence-corrected chi connectivity index (χ4v) is 2.89. The molecule has 2 aromatic carbocycles. The number of benzene rings is 2. The Bertz CT molecular complexity index is 685. The second-order valence-electron chi connectivity index (χ2n) is 6.52. The van der Waals surface area contributed by atoms with E-state index in [4.69, 9.17) is 5.11 Å². The van der Waals surface area contributed by atoms with E-state index in [1.165, 1.54) is 10.5 Å². The van der Waals surface area contributed by atoms with Gasteiger partial charge < -0.3 is 10.0 Å². The molecular weight excluding hydrogens is 314 g/mol. The highest BCUT2D eigenvalue weighted by Crippen LogP contribution is 2.25. The molecule has 0 aliphatic carbocycles. The Morgan fingerprint density at radius 2 is 1.56 bits per heavy atom. The molecule has 2 unspecified atom stereocenters. The van der Waals surface area contributed by atoms with Crippen molar-refractivity contribution in [2.45, 2.75) is 25.7 Å². The normalized spacial score (nSPS) is 13.0. The van der Waals surface area contributed by atoms with Gasteiger partial charge in [-0.15, -0.1) is 0 Å². The van der Waals surface area contributed by atoms with Crippen LogP contribution in [-0.2, 0) is 16.0 Å². The van der Waals surface area contributed by atoms with Crippen LogP contribution >= 0.6 is 0 Å². The summed E-state index contributed by atoms with van der Waals surface area (Å²) in [5, 5.41) is 9.03. The van der Waals surface area contributed by atoms with Crippen LogP contribution < -0.4 is 0 Å². The number of rotatable bonds is 8. The lowest BCUT2D eigenvalue weighted by atomic mass is 9.89. The molecule has 1 amide bonds. The third-order valence-corrected chi connectivity index (χ3v) is 4.41. The summed E-state index contributed by atoms with van der Waals surface area (Å²) >= 11 is 0. The van der Waals surface area contributed by atoms with Crippen LogP contribution in [0, 0.1) is 5.92 Å². The van der Waals surface area contributed by atoms with Gasteiger partial charge in [-0.25, -0.2) is 0 Å². The molecule has 4 heteroatoms. The van der Waals surface area contributed by atoms with Crippen LogP contribution in [0.3, 0.4) is 0 Å². The minimum absolute atomic E-state index is 0.0297. The zero-order chi connectivity index (χ0) is 18.2. The second kappa shape index (κ2) is 9.02. The van der Waals surface area contributed by atoms with Crippen molar-refractivity contribution in [1.82, 2.24) is 4.90 Å². The maximum Gasteiger partial charge on any atom is 0.308 e. The highest BCUT2D eigenvalue weighted by molar-refractivity contribution is 5.78. The number of carboxylic acids is 1. The number of nitrogens with zero attached hydrogens (tertiary/aromatic N) is 1. The van der Waals surface area contributed by atoms with Gasteiger partial charge in [0.05, 0.1) is 5.92 Å². The third kappa shape index (κ3) is 5.75. The van der Waals surface area contributed by atoms with E-state index in [0.717, 1.165) is 12.0 Å². The summed E-state index contributed by atoms with van der Waals surface area (Å²) in [4.78, 5) is 25.1. The topological polar surface area (TPSA) is 57.6 Å². The molecule has 2 rings (SSSR count). The third-order valence-electron chi connectivity index (χ3n) is 4.41. The predicted molar refractivity (Wildman–Crippen MR) is 98.4 cm³/mol. The zero-order valence-electron chi connectivity index (χ0n) is 14.8. The molecular formula is C21H25NO3. The first-order valence-electron chi connectivity index (χ1n) is 8.53. The molecule has 0 heterocycles. The van der Waals surface area contributed by atoms with Gasteiger partial charge in [0.2, 0.25) is 5.91 Å². The van der Waals surface area contributed by atoms with Crippen LogP contribution in [0.2, 0.25) is 0 Å². The van der Waals surface area contributed by atoms with E-state index in [-0.39, 0.29) is 18.4 Å². The van der Waals surface area contributed by atoms with Crippen LogP contribution in [0.4, 0.5) is 0 Å². The molecule has 0 radical (unpaired) electrons. The van der Waals surface area contributed by atoms with Crippen molar-refractivity contribution in [1.29, 1.82) is 0 Å². The molecule has 25 heavy (non-hydrogen) atoms. The predicted octanol–water partition coefficient (Wildman–Crippen LogP) is 3.58. The average molecular weight is 339 g/mol. The van der Waals surface area contributed by atoms with Crippen LogP contribution in [0.1, 0.15) is 30.4 Å². The summed E-state index contributed by atoms with van der Waals surface area (Å²) < 4.78 is 0.